The number of rotatable bonds is 3. The summed E-state index contributed by atoms with van der Waals surface area (Å²) in [6.45, 7) is 7.71. The summed E-state index contributed by atoms with van der Waals surface area (Å²) in [5.41, 5.74) is 0.298. The van der Waals surface area contributed by atoms with E-state index in [-0.39, 0.29) is 0 Å². The van der Waals surface area contributed by atoms with Crippen LogP contribution >= 0.6 is 0 Å². The minimum atomic E-state index is 0.298. The van der Waals surface area contributed by atoms with Crippen LogP contribution < -0.4 is 10.6 Å². The number of hydrogen-bond acceptors (Lipinski definition) is 3. The molecule has 2 N–H and O–H groups in total. The van der Waals surface area contributed by atoms with Crippen molar-refractivity contribution in [3.05, 3.63) is 0 Å². The van der Waals surface area contributed by atoms with Crippen LogP contribution in [-0.4, -0.2) is 37.4 Å². The van der Waals surface area contributed by atoms with Crippen molar-refractivity contribution >= 4 is 0 Å². The van der Waals surface area contributed by atoms with Gasteiger partial charge < -0.3 is 15.4 Å². The van der Waals surface area contributed by atoms with Crippen molar-refractivity contribution in [1.82, 2.24) is 10.6 Å². The van der Waals surface area contributed by atoms with E-state index in [1.54, 1.807) is 0 Å². The van der Waals surface area contributed by atoms with E-state index in [1.807, 2.05) is 0 Å². The second kappa shape index (κ2) is 4.81. The molecule has 0 aromatic heterocycles. The predicted molar refractivity (Wildman–Crippen MR) is 62.1 cm³/mol. The zero-order chi connectivity index (χ0) is 10.7. The Morgan fingerprint density at radius 2 is 2.27 bits per heavy atom. The first kappa shape index (κ1) is 11.4. The topological polar surface area (TPSA) is 33.3 Å². The van der Waals surface area contributed by atoms with E-state index in [2.05, 4.69) is 24.5 Å². The molecule has 0 amide bonds. The van der Waals surface area contributed by atoms with Gasteiger partial charge in [0.1, 0.15) is 0 Å². The highest BCUT2D eigenvalue weighted by atomic mass is 16.5. The van der Waals surface area contributed by atoms with Crippen LogP contribution in [0.3, 0.4) is 0 Å². The summed E-state index contributed by atoms with van der Waals surface area (Å²) in [5, 5.41) is 7.20. The fourth-order valence-electron chi connectivity index (χ4n) is 2.65. The lowest BCUT2D eigenvalue weighted by Crippen LogP contribution is -2.52. The molecular weight excluding hydrogens is 188 g/mol. The van der Waals surface area contributed by atoms with Crippen LogP contribution in [0.5, 0.6) is 0 Å². The van der Waals surface area contributed by atoms with Gasteiger partial charge in [-0.3, -0.25) is 0 Å². The Bertz CT molecular complexity index is 200. The Morgan fingerprint density at radius 1 is 1.40 bits per heavy atom. The third kappa shape index (κ3) is 3.44. The molecule has 0 aromatic carbocycles. The second-order valence-corrected chi connectivity index (χ2v) is 5.54. The lowest BCUT2D eigenvalue weighted by molar-refractivity contribution is 0.103. The molecular formula is C12H24N2O. The Balaban J connectivity index is 1.69. The molecule has 0 bridgehead atoms. The fraction of sp³-hybridized carbons (Fsp3) is 1.00. The maximum absolute atomic E-state index is 5.62. The van der Waals surface area contributed by atoms with E-state index in [0.29, 0.717) is 17.7 Å². The molecule has 2 unspecified atom stereocenters. The predicted octanol–water partition coefficient (Wildman–Crippen LogP) is 1.29. The van der Waals surface area contributed by atoms with Crippen molar-refractivity contribution in [2.45, 2.75) is 57.2 Å². The number of nitrogens with one attached hydrogen (secondary N) is 2. The highest BCUT2D eigenvalue weighted by Crippen LogP contribution is 2.19. The Morgan fingerprint density at radius 3 is 2.93 bits per heavy atom. The van der Waals surface area contributed by atoms with Gasteiger partial charge in [0.2, 0.25) is 0 Å². The van der Waals surface area contributed by atoms with Gasteiger partial charge in [-0.1, -0.05) is 0 Å². The van der Waals surface area contributed by atoms with Crippen molar-refractivity contribution < 1.29 is 4.74 Å². The summed E-state index contributed by atoms with van der Waals surface area (Å²) in [6, 6.07) is 0.672. The van der Waals surface area contributed by atoms with Crippen LogP contribution in [0, 0.1) is 0 Å². The first-order chi connectivity index (χ1) is 7.16. The molecule has 2 fully saturated rings. The van der Waals surface area contributed by atoms with E-state index in [9.17, 15) is 0 Å². The van der Waals surface area contributed by atoms with Crippen LogP contribution in [0.1, 0.15) is 39.5 Å². The fourth-order valence-corrected chi connectivity index (χ4v) is 2.65. The van der Waals surface area contributed by atoms with E-state index in [0.717, 1.165) is 19.7 Å². The molecule has 88 valence electrons. The number of ether oxygens (including phenoxy) is 1. The average molecular weight is 212 g/mol. The molecule has 2 rings (SSSR count). The van der Waals surface area contributed by atoms with Crippen molar-refractivity contribution in [3.63, 3.8) is 0 Å². The van der Waals surface area contributed by atoms with Crippen molar-refractivity contribution in [2.24, 2.45) is 0 Å². The first-order valence-corrected chi connectivity index (χ1v) is 6.26. The van der Waals surface area contributed by atoms with Crippen molar-refractivity contribution in [1.29, 1.82) is 0 Å². The first-order valence-electron chi connectivity index (χ1n) is 6.26. The smallest absolute Gasteiger partial charge is 0.0700 e. The lowest BCUT2D eigenvalue weighted by Gasteiger charge is -2.37. The molecule has 15 heavy (non-hydrogen) atoms. The van der Waals surface area contributed by atoms with Gasteiger partial charge in [-0.05, 0) is 46.1 Å². The minimum Gasteiger partial charge on any atom is -0.377 e. The third-order valence-electron chi connectivity index (χ3n) is 3.51. The zero-order valence-electron chi connectivity index (χ0n) is 10.0. The third-order valence-corrected chi connectivity index (χ3v) is 3.51. The Kier molecular flexibility index (Phi) is 3.65. The highest BCUT2D eigenvalue weighted by Gasteiger charge is 2.27. The van der Waals surface area contributed by atoms with Gasteiger partial charge in [-0.2, -0.15) is 0 Å². The molecule has 3 heteroatoms. The molecule has 2 saturated heterocycles. The van der Waals surface area contributed by atoms with Gasteiger partial charge >= 0.3 is 0 Å². The van der Waals surface area contributed by atoms with E-state index >= 15 is 0 Å². The maximum Gasteiger partial charge on any atom is 0.0700 e. The normalized spacial score (nSPS) is 35.6. The number of piperidine rings is 1. The Hall–Kier alpha value is -0.120. The summed E-state index contributed by atoms with van der Waals surface area (Å²) >= 11 is 0. The molecule has 3 nitrogen and oxygen atoms in total. The molecule has 2 aliphatic rings. The van der Waals surface area contributed by atoms with Gasteiger partial charge in [0, 0.05) is 24.7 Å². The van der Waals surface area contributed by atoms with Crippen molar-refractivity contribution in [2.75, 3.05) is 19.7 Å². The van der Waals surface area contributed by atoms with E-state index in [4.69, 9.17) is 4.74 Å². The standard InChI is InChI=1S/C12H24N2O/c1-12(2)8-10(5-6-14-12)13-9-11-4-3-7-15-11/h10-11,13-14H,3-9H2,1-2H3. The molecule has 2 aliphatic heterocycles. The zero-order valence-corrected chi connectivity index (χ0v) is 10.0. The van der Waals surface area contributed by atoms with E-state index in [1.165, 1.54) is 25.7 Å². The second-order valence-electron chi connectivity index (χ2n) is 5.54. The van der Waals surface area contributed by atoms with Gasteiger partial charge in [-0.25, -0.2) is 0 Å². The largest absolute Gasteiger partial charge is 0.377 e. The molecule has 0 aliphatic carbocycles. The van der Waals surface area contributed by atoms with Crippen LogP contribution in [0.4, 0.5) is 0 Å². The Labute approximate surface area is 93.0 Å². The van der Waals surface area contributed by atoms with Crippen LogP contribution in [0.2, 0.25) is 0 Å². The monoisotopic (exact) mass is 212 g/mol. The van der Waals surface area contributed by atoms with Gasteiger partial charge in [0.15, 0.2) is 0 Å². The van der Waals surface area contributed by atoms with Crippen LogP contribution in [0.15, 0.2) is 0 Å². The van der Waals surface area contributed by atoms with Gasteiger partial charge in [0.25, 0.3) is 0 Å². The van der Waals surface area contributed by atoms with Crippen LogP contribution in [0.25, 0.3) is 0 Å². The summed E-state index contributed by atoms with van der Waals surface area (Å²) in [6.07, 6.45) is 5.42. The molecule has 2 atom stereocenters. The van der Waals surface area contributed by atoms with Crippen LogP contribution in [-0.2, 0) is 4.74 Å². The molecule has 0 spiro atoms. The SMILES string of the molecule is CC1(C)CC(NCC2CCCO2)CCN1. The summed E-state index contributed by atoms with van der Waals surface area (Å²) in [4.78, 5) is 0. The summed E-state index contributed by atoms with van der Waals surface area (Å²) in [7, 11) is 0. The lowest BCUT2D eigenvalue weighted by atomic mass is 9.89. The summed E-state index contributed by atoms with van der Waals surface area (Å²) < 4.78 is 5.62. The quantitative estimate of drug-likeness (QED) is 0.739. The van der Waals surface area contributed by atoms with E-state index < -0.39 is 0 Å². The van der Waals surface area contributed by atoms with Crippen molar-refractivity contribution in [3.8, 4) is 0 Å². The van der Waals surface area contributed by atoms with Gasteiger partial charge in [0.05, 0.1) is 6.10 Å². The maximum atomic E-state index is 5.62. The summed E-state index contributed by atoms with van der Waals surface area (Å²) in [5.74, 6) is 0. The average Bonchev–Trinajstić information content (AvgIpc) is 2.65. The molecule has 0 radical (unpaired) electrons. The minimum absolute atomic E-state index is 0.298. The molecule has 0 saturated carbocycles. The highest BCUT2D eigenvalue weighted by molar-refractivity contribution is 4.89. The molecule has 0 aromatic rings. The number of hydrogen-bond donors (Lipinski definition) is 2. The van der Waals surface area contributed by atoms with Gasteiger partial charge in [-0.15, -0.1) is 0 Å². The molecule has 2 heterocycles.